The fourth-order valence-corrected chi connectivity index (χ4v) is 6.36. The predicted octanol–water partition coefficient (Wildman–Crippen LogP) is 15.0. The van der Waals surface area contributed by atoms with Crippen LogP contribution in [0.15, 0.2) is 36.5 Å². The van der Waals surface area contributed by atoms with Gasteiger partial charge in [-0.05, 0) is 76.7 Å². The normalized spacial score (nSPS) is 12.5. The number of carboxylic acid groups (broad SMARTS) is 1. The summed E-state index contributed by atoms with van der Waals surface area (Å²) in [6.07, 6.45) is 53.4. The molecule has 0 saturated carbocycles. The fraction of sp³-hybridized carbons (Fsp3) is 0.822. The molecule has 0 aromatic carbocycles. The number of carbonyl (C=O) groups excluding carboxylic acids is 1. The van der Waals surface area contributed by atoms with Crippen LogP contribution in [0.3, 0.4) is 0 Å². The van der Waals surface area contributed by atoms with E-state index in [0.717, 1.165) is 57.8 Å². The zero-order valence-electron chi connectivity index (χ0n) is 32.8. The number of carbonyl (C=O) groups is 2. The highest BCUT2D eigenvalue weighted by atomic mass is 16.5. The van der Waals surface area contributed by atoms with E-state index >= 15 is 0 Å². The summed E-state index contributed by atoms with van der Waals surface area (Å²) in [6, 6.07) is 0. The van der Waals surface area contributed by atoms with Crippen molar-refractivity contribution in [3.05, 3.63) is 36.5 Å². The minimum Gasteiger partial charge on any atom is -0.481 e. The first-order valence-electron chi connectivity index (χ1n) is 21.5. The van der Waals surface area contributed by atoms with Crippen molar-refractivity contribution in [2.45, 2.75) is 238 Å². The van der Waals surface area contributed by atoms with Crippen molar-refractivity contribution in [2.75, 3.05) is 0 Å². The first kappa shape index (κ1) is 47.2. The Hall–Kier alpha value is -1.84. The van der Waals surface area contributed by atoms with Crippen LogP contribution in [-0.2, 0) is 14.3 Å². The lowest BCUT2D eigenvalue weighted by Gasteiger charge is -2.14. The van der Waals surface area contributed by atoms with Crippen LogP contribution in [-0.4, -0.2) is 23.1 Å². The molecule has 0 rings (SSSR count). The molecule has 1 atom stereocenters. The SMILES string of the molecule is CCCCCC/C=C\C/C=C\C(CCCCCCC(=O)O)OC(=O)CCCCCCCCCCCCC/C=C\CCCCCCCCCC. The number of esters is 1. The van der Waals surface area contributed by atoms with Crippen LogP contribution in [0.4, 0.5) is 0 Å². The van der Waals surface area contributed by atoms with Gasteiger partial charge in [-0.3, -0.25) is 9.59 Å². The number of hydrogen-bond acceptors (Lipinski definition) is 3. The third kappa shape index (κ3) is 40.5. The minimum absolute atomic E-state index is 0.0778. The first-order valence-corrected chi connectivity index (χ1v) is 21.5. The van der Waals surface area contributed by atoms with E-state index in [1.165, 1.54) is 148 Å². The van der Waals surface area contributed by atoms with E-state index in [0.29, 0.717) is 6.42 Å². The van der Waals surface area contributed by atoms with Crippen LogP contribution in [0.5, 0.6) is 0 Å². The largest absolute Gasteiger partial charge is 0.481 e. The van der Waals surface area contributed by atoms with Gasteiger partial charge in [-0.15, -0.1) is 0 Å². The summed E-state index contributed by atoms with van der Waals surface area (Å²) in [4.78, 5) is 23.3. The van der Waals surface area contributed by atoms with Gasteiger partial charge in [-0.1, -0.05) is 179 Å². The van der Waals surface area contributed by atoms with Crippen LogP contribution >= 0.6 is 0 Å². The van der Waals surface area contributed by atoms with Gasteiger partial charge in [0.1, 0.15) is 6.10 Å². The van der Waals surface area contributed by atoms with E-state index in [-0.39, 0.29) is 18.5 Å². The zero-order chi connectivity index (χ0) is 35.7. The third-order valence-corrected chi connectivity index (χ3v) is 9.57. The molecule has 0 aliphatic carbocycles. The number of allylic oxidation sites excluding steroid dienone is 5. The van der Waals surface area contributed by atoms with Crippen molar-refractivity contribution in [1.82, 2.24) is 0 Å². The smallest absolute Gasteiger partial charge is 0.306 e. The highest BCUT2D eigenvalue weighted by molar-refractivity contribution is 5.69. The maximum Gasteiger partial charge on any atom is 0.306 e. The second kappa shape index (κ2) is 40.6. The molecule has 0 bridgehead atoms. The highest BCUT2D eigenvalue weighted by Gasteiger charge is 2.11. The standard InChI is InChI=1S/C45H82O4/c1-3-5-7-9-11-13-14-15-16-17-18-19-20-21-22-23-24-25-26-28-30-32-38-42-45(48)49-43(40-36-33-34-37-41-44(46)47)39-35-31-29-27-12-10-8-6-4-2/h17-18,27,29,35,39,43H,3-16,19-26,28,30-34,36-38,40-42H2,1-2H3,(H,46,47)/b18-17-,29-27-,39-35-. The molecule has 4 nitrogen and oxygen atoms in total. The molecule has 0 spiro atoms. The molecule has 286 valence electrons. The second-order valence-electron chi connectivity index (χ2n) is 14.5. The molecule has 0 amide bonds. The number of carboxylic acids is 1. The molecular weight excluding hydrogens is 604 g/mol. The van der Waals surface area contributed by atoms with Gasteiger partial charge in [-0.25, -0.2) is 0 Å². The summed E-state index contributed by atoms with van der Waals surface area (Å²) in [6.45, 7) is 4.53. The molecule has 0 aromatic heterocycles. The summed E-state index contributed by atoms with van der Waals surface area (Å²) in [7, 11) is 0. The molecule has 4 heteroatoms. The Balaban J connectivity index is 3.85. The van der Waals surface area contributed by atoms with Gasteiger partial charge >= 0.3 is 11.9 Å². The van der Waals surface area contributed by atoms with Gasteiger partial charge in [0.15, 0.2) is 0 Å². The Labute approximate surface area is 305 Å². The Morgan fingerprint density at radius 2 is 0.857 bits per heavy atom. The number of hydrogen-bond donors (Lipinski definition) is 1. The zero-order valence-corrected chi connectivity index (χ0v) is 32.8. The van der Waals surface area contributed by atoms with E-state index in [1.807, 2.05) is 0 Å². The second-order valence-corrected chi connectivity index (χ2v) is 14.5. The van der Waals surface area contributed by atoms with Crippen molar-refractivity contribution in [3.8, 4) is 0 Å². The lowest BCUT2D eigenvalue weighted by Crippen LogP contribution is -2.16. The molecule has 0 saturated heterocycles. The Morgan fingerprint density at radius 1 is 0.469 bits per heavy atom. The molecule has 0 aliphatic heterocycles. The van der Waals surface area contributed by atoms with Crippen LogP contribution in [0.25, 0.3) is 0 Å². The van der Waals surface area contributed by atoms with Crippen LogP contribution in [0, 0.1) is 0 Å². The van der Waals surface area contributed by atoms with E-state index in [2.05, 4.69) is 50.3 Å². The van der Waals surface area contributed by atoms with Crippen LogP contribution in [0.1, 0.15) is 232 Å². The quantitative estimate of drug-likeness (QED) is 0.0397. The van der Waals surface area contributed by atoms with Crippen molar-refractivity contribution >= 4 is 11.9 Å². The molecule has 0 aliphatic rings. The number of aliphatic carboxylic acids is 1. The summed E-state index contributed by atoms with van der Waals surface area (Å²) in [5, 5.41) is 8.84. The van der Waals surface area contributed by atoms with Crippen molar-refractivity contribution in [1.29, 1.82) is 0 Å². The molecule has 0 fully saturated rings. The van der Waals surface area contributed by atoms with Gasteiger partial charge in [0.25, 0.3) is 0 Å². The number of ether oxygens (including phenoxy) is 1. The van der Waals surface area contributed by atoms with E-state index in [1.54, 1.807) is 0 Å². The fourth-order valence-electron chi connectivity index (χ4n) is 6.36. The topological polar surface area (TPSA) is 63.6 Å². The summed E-state index contributed by atoms with van der Waals surface area (Å²) < 4.78 is 5.87. The Kier molecular flexibility index (Phi) is 39.1. The van der Waals surface area contributed by atoms with Gasteiger partial charge < -0.3 is 9.84 Å². The number of rotatable bonds is 39. The summed E-state index contributed by atoms with van der Waals surface area (Å²) >= 11 is 0. The summed E-state index contributed by atoms with van der Waals surface area (Å²) in [5.41, 5.74) is 0. The highest BCUT2D eigenvalue weighted by Crippen LogP contribution is 2.16. The maximum atomic E-state index is 12.6. The Bertz CT molecular complexity index is 783. The monoisotopic (exact) mass is 687 g/mol. The Morgan fingerprint density at radius 3 is 1.35 bits per heavy atom. The van der Waals surface area contributed by atoms with Gasteiger partial charge in [0, 0.05) is 12.8 Å². The average Bonchev–Trinajstić information content (AvgIpc) is 3.09. The van der Waals surface area contributed by atoms with Gasteiger partial charge in [0.2, 0.25) is 0 Å². The van der Waals surface area contributed by atoms with Crippen molar-refractivity contribution in [2.24, 2.45) is 0 Å². The van der Waals surface area contributed by atoms with Crippen LogP contribution in [0.2, 0.25) is 0 Å². The maximum absolute atomic E-state index is 12.6. The molecule has 0 aromatic rings. The minimum atomic E-state index is -0.725. The molecule has 49 heavy (non-hydrogen) atoms. The van der Waals surface area contributed by atoms with E-state index < -0.39 is 5.97 Å². The molecule has 0 radical (unpaired) electrons. The van der Waals surface area contributed by atoms with Crippen LogP contribution < -0.4 is 0 Å². The molecule has 1 N–H and O–H groups in total. The van der Waals surface area contributed by atoms with Crippen molar-refractivity contribution < 1.29 is 19.4 Å². The number of unbranched alkanes of at least 4 members (excludes halogenated alkanes) is 26. The third-order valence-electron chi connectivity index (χ3n) is 9.57. The lowest BCUT2D eigenvalue weighted by atomic mass is 10.0. The van der Waals surface area contributed by atoms with Crippen molar-refractivity contribution in [3.63, 3.8) is 0 Å². The molecular formula is C45H82O4. The van der Waals surface area contributed by atoms with Gasteiger partial charge in [0.05, 0.1) is 0 Å². The molecule has 1 unspecified atom stereocenters. The predicted molar refractivity (Wildman–Crippen MR) is 213 cm³/mol. The molecule has 0 heterocycles. The average molecular weight is 687 g/mol. The van der Waals surface area contributed by atoms with E-state index in [9.17, 15) is 9.59 Å². The summed E-state index contributed by atoms with van der Waals surface area (Å²) in [5.74, 6) is -0.803. The van der Waals surface area contributed by atoms with E-state index in [4.69, 9.17) is 9.84 Å². The lowest BCUT2D eigenvalue weighted by molar-refractivity contribution is -0.147. The first-order chi connectivity index (χ1) is 24.1. The van der Waals surface area contributed by atoms with Gasteiger partial charge in [-0.2, -0.15) is 0 Å².